The SMILES string of the molecule is O=C(Nc1ccc(Cl)c([N+](=O)[O-])c1)c1c[nH]c(=O)n(Cc2ccccn2)c1=O. The largest absolute Gasteiger partial charge is 0.328 e. The third-order valence-corrected chi connectivity index (χ3v) is 4.07. The molecule has 0 unspecified atom stereocenters. The molecule has 0 aliphatic rings. The fourth-order valence-corrected chi connectivity index (χ4v) is 2.59. The van der Waals surface area contributed by atoms with Gasteiger partial charge in [-0.15, -0.1) is 0 Å². The van der Waals surface area contributed by atoms with Crippen LogP contribution >= 0.6 is 11.6 Å². The molecule has 10 nitrogen and oxygen atoms in total. The highest BCUT2D eigenvalue weighted by atomic mass is 35.5. The van der Waals surface area contributed by atoms with Crippen molar-refractivity contribution in [3.8, 4) is 0 Å². The molecule has 0 saturated carbocycles. The number of aromatic amines is 1. The van der Waals surface area contributed by atoms with Gasteiger partial charge in [-0.3, -0.25) is 29.3 Å². The number of pyridine rings is 1. The second kappa shape index (κ2) is 7.84. The van der Waals surface area contributed by atoms with Gasteiger partial charge in [-0.25, -0.2) is 4.79 Å². The van der Waals surface area contributed by atoms with E-state index in [0.29, 0.717) is 5.69 Å². The summed E-state index contributed by atoms with van der Waals surface area (Å²) < 4.78 is 0.835. The minimum absolute atomic E-state index is 0.0722. The average molecular weight is 402 g/mol. The van der Waals surface area contributed by atoms with Crippen molar-refractivity contribution in [3.05, 3.63) is 96.0 Å². The molecule has 1 amide bonds. The van der Waals surface area contributed by atoms with Gasteiger partial charge in [0.15, 0.2) is 0 Å². The molecule has 0 fully saturated rings. The number of nitrogens with one attached hydrogen (secondary N) is 2. The standard InChI is InChI=1S/C17H12ClN5O5/c18-13-5-4-10(7-14(13)23(27)28)21-15(24)12-8-20-17(26)22(16(12)25)9-11-3-1-2-6-19-11/h1-8H,9H2,(H,20,26)(H,21,24). The van der Waals surface area contributed by atoms with Crippen molar-refractivity contribution in [2.75, 3.05) is 5.32 Å². The number of hydrogen-bond donors (Lipinski definition) is 2. The number of amides is 1. The molecule has 3 aromatic rings. The van der Waals surface area contributed by atoms with Gasteiger partial charge in [0.25, 0.3) is 17.2 Å². The number of H-pyrrole nitrogens is 1. The summed E-state index contributed by atoms with van der Waals surface area (Å²) in [7, 11) is 0. The highest BCUT2D eigenvalue weighted by molar-refractivity contribution is 6.32. The monoisotopic (exact) mass is 401 g/mol. The molecule has 0 saturated heterocycles. The summed E-state index contributed by atoms with van der Waals surface area (Å²) >= 11 is 5.73. The van der Waals surface area contributed by atoms with Crippen LogP contribution in [-0.4, -0.2) is 25.4 Å². The van der Waals surface area contributed by atoms with Gasteiger partial charge in [-0.2, -0.15) is 0 Å². The number of hydrogen-bond acceptors (Lipinski definition) is 6. The Bertz CT molecular complexity index is 1170. The van der Waals surface area contributed by atoms with Crippen LogP contribution in [0.3, 0.4) is 0 Å². The number of halogens is 1. The maximum atomic E-state index is 12.6. The van der Waals surface area contributed by atoms with Crippen molar-refractivity contribution in [2.24, 2.45) is 0 Å². The molecule has 142 valence electrons. The van der Waals surface area contributed by atoms with Gasteiger partial charge in [-0.05, 0) is 24.3 Å². The summed E-state index contributed by atoms with van der Waals surface area (Å²) in [5.74, 6) is -0.840. The van der Waals surface area contributed by atoms with Crippen LogP contribution < -0.4 is 16.6 Å². The first-order chi connectivity index (χ1) is 13.4. The number of nitro groups is 1. The lowest BCUT2D eigenvalue weighted by Crippen LogP contribution is -2.39. The van der Waals surface area contributed by atoms with Crippen LogP contribution in [0.15, 0.2) is 58.4 Å². The maximum absolute atomic E-state index is 12.6. The van der Waals surface area contributed by atoms with Crippen LogP contribution in [-0.2, 0) is 6.54 Å². The van der Waals surface area contributed by atoms with E-state index in [9.17, 15) is 24.5 Å². The summed E-state index contributed by atoms with van der Waals surface area (Å²) in [5, 5.41) is 13.2. The van der Waals surface area contributed by atoms with Crippen LogP contribution in [0.4, 0.5) is 11.4 Å². The minimum atomic E-state index is -0.840. The minimum Gasteiger partial charge on any atom is -0.322 e. The molecule has 0 spiro atoms. The van der Waals surface area contributed by atoms with Crippen molar-refractivity contribution < 1.29 is 9.72 Å². The number of anilines is 1. The van der Waals surface area contributed by atoms with Gasteiger partial charge in [-0.1, -0.05) is 17.7 Å². The predicted octanol–water partition coefficient (Wildman–Crippen LogP) is 1.79. The Kier molecular flexibility index (Phi) is 5.32. The van der Waals surface area contributed by atoms with E-state index in [1.54, 1.807) is 18.2 Å². The third-order valence-electron chi connectivity index (χ3n) is 3.75. The highest BCUT2D eigenvalue weighted by Crippen LogP contribution is 2.27. The van der Waals surface area contributed by atoms with Crippen LogP contribution in [0.5, 0.6) is 0 Å². The normalized spacial score (nSPS) is 10.5. The van der Waals surface area contributed by atoms with E-state index in [1.807, 2.05) is 0 Å². The molecule has 0 radical (unpaired) electrons. The number of aromatic nitrogens is 3. The molecule has 2 heterocycles. The average Bonchev–Trinajstić information content (AvgIpc) is 2.67. The van der Waals surface area contributed by atoms with Gasteiger partial charge in [0.1, 0.15) is 10.6 Å². The Morgan fingerprint density at radius 1 is 1.29 bits per heavy atom. The summed E-state index contributed by atoms with van der Waals surface area (Å²) in [5.41, 5.74) is -1.73. The van der Waals surface area contributed by atoms with Crippen LogP contribution in [0.1, 0.15) is 16.1 Å². The molecule has 2 aromatic heterocycles. The number of nitro benzene ring substituents is 1. The fourth-order valence-electron chi connectivity index (χ4n) is 2.40. The fraction of sp³-hybridized carbons (Fsp3) is 0.0588. The van der Waals surface area contributed by atoms with Crippen molar-refractivity contribution in [1.82, 2.24) is 14.5 Å². The molecule has 28 heavy (non-hydrogen) atoms. The topological polar surface area (TPSA) is 140 Å². The predicted molar refractivity (Wildman–Crippen MR) is 101 cm³/mol. The first-order valence-corrected chi connectivity index (χ1v) is 8.22. The number of carbonyl (C=O) groups excluding carboxylic acids is 1. The number of benzene rings is 1. The highest BCUT2D eigenvalue weighted by Gasteiger charge is 2.18. The van der Waals surface area contributed by atoms with Crippen molar-refractivity contribution >= 4 is 28.9 Å². The Hall–Kier alpha value is -3.79. The summed E-state index contributed by atoms with van der Waals surface area (Å²) in [4.78, 5) is 53.6. The third kappa shape index (κ3) is 3.96. The van der Waals surface area contributed by atoms with Gasteiger partial charge >= 0.3 is 5.69 Å². The summed E-state index contributed by atoms with van der Waals surface area (Å²) in [6.45, 7) is -0.122. The van der Waals surface area contributed by atoms with E-state index in [0.717, 1.165) is 16.8 Å². The molecule has 11 heteroatoms. The lowest BCUT2D eigenvalue weighted by Gasteiger charge is -2.08. The van der Waals surface area contributed by atoms with Gasteiger partial charge in [0.2, 0.25) is 0 Å². The number of rotatable bonds is 5. The van der Waals surface area contributed by atoms with E-state index >= 15 is 0 Å². The number of nitrogens with zero attached hydrogens (tertiary/aromatic N) is 3. The van der Waals surface area contributed by atoms with Gasteiger partial charge in [0.05, 0.1) is 17.2 Å². The maximum Gasteiger partial charge on any atom is 0.328 e. The summed E-state index contributed by atoms with van der Waals surface area (Å²) in [6.07, 6.45) is 2.50. The summed E-state index contributed by atoms with van der Waals surface area (Å²) in [6, 6.07) is 8.69. The zero-order chi connectivity index (χ0) is 20.3. The van der Waals surface area contributed by atoms with E-state index in [2.05, 4.69) is 15.3 Å². The van der Waals surface area contributed by atoms with Gasteiger partial charge in [0, 0.05) is 24.1 Å². The molecule has 0 aliphatic heterocycles. The molecular weight excluding hydrogens is 390 g/mol. The Morgan fingerprint density at radius 2 is 2.07 bits per heavy atom. The molecule has 3 rings (SSSR count). The first-order valence-electron chi connectivity index (χ1n) is 7.84. The van der Waals surface area contributed by atoms with Crippen LogP contribution in [0.25, 0.3) is 0 Å². The quantitative estimate of drug-likeness (QED) is 0.493. The first kappa shape index (κ1) is 19.0. The van der Waals surface area contributed by atoms with E-state index in [-0.39, 0.29) is 22.8 Å². The lowest BCUT2D eigenvalue weighted by atomic mass is 10.2. The van der Waals surface area contributed by atoms with Crippen molar-refractivity contribution in [1.29, 1.82) is 0 Å². The zero-order valence-corrected chi connectivity index (χ0v) is 14.8. The van der Waals surface area contributed by atoms with Crippen molar-refractivity contribution in [2.45, 2.75) is 6.54 Å². The molecule has 2 N–H and O–H groups in total. The Labute approximate surface area is 161 Å². The van der Waals surface area contributed by atoms with Gasteiger partial charge < -0.3 is 10.3 Å². The van der Waals surface area contributed by atoms with Crippen LogP contribution in [0.2, 0.25) is 5.02 Å². The van der Waals surface area contributed by atoms with E-state index in [1.165, 1.54) is 18.3 Å². The smallest absolute Gasteiger partial charge is 0.322 e. The molecular formula is C17H12ClN5O5. The molecule has 0 aliphatic carbocycles. The Morgan fingerprint density at radius 3 is 2.75 bits per heavy atom. The number of carbonyl (C=O) groups is 1. The lowest BCUT2D eigenvalue weighted by molar-refractivity contribution is -0.384. The molecule has 1 aromatic carbocycles. The van der Waals surface area contributed by atoms with E-state index in [4.69, 9.17) is 11.6 Å². The second-order valence-corrected chi connectivity index (χ2v) is 6.00. The zero-order valence-electron chi connectivity index (χ0n) is 14.1. The molecule has 0 atom stereocenters. The van der Waals surface area contributed by atoms with E-state index < -0.39 is 27.8 Å². The molecule has 0 bridgehead atoms. The van der Waals surface area contributed by atoms with Crippen molar-refractivity contribution in [3.63, 3.8) is 0 Å². The van der Waals surface area contributed by atoms with Crippen LogP contribution in [0, 0.1) is 10.1 Å². The second-order valence-electron chi connectivity index (χ2n) is 5.60. The Balaban J connectivity index is 1.92.